The van der Waals surface area contributed by atoms with Gasteiger partial charge in [0.1, 0.15) is 0 Å². The molecule has 0 bridgehead atoms. The fourth-order valence-corrected chi connectivity index (χ4v) is 4.15. The van der Waals surface area contributed by atoms with Crippen LogP contribution in [-0.2, 0) is 0 Å². The van der Waals surface area contributed by atoms with E-state index in [1.165, 1.54) is 33.2 Å². The van der Waals surface area contributed by atoms with E-state index in [1.54, 1.807) is 0 Å². The molecular weight excluding hydrogens is 271 g/mol. The second kappa shape index (κ2) is 4.96. The third-order valence-electron chi connectivity index (χ3n) is 5.00. The standard InChI is InChI=1S/C20H25P/c1-12-6-8-15-16-10-13(2)18(21)11-14(3)19(16)20(4,5)17(15)9-7-12/h6-13H,21H2,1-5H3. The first-order valence-corrected chi connectivity index (χ1v) is 8.42. The normalized spacial score (nSPS) is 30.6. The van der Waals surface area contributed by atoms with Gasteiger partial charge in [0.2, 0.25) is 0 Å². The van der Waals surface area contributed by atoms with Gasteiger partial charge in [0.05, 0.1) is 0 Å². The van der Waals surface area contributed by atoms with Crippen molar-refractivity contribution in [2.75, 3.05) is 0 Å². The van der Waals surface area contributed by atoms with E-state index in [0.29, 0.717) is 11.8 Å². The van der Waals surface area contributed by atoms with Crippen LogP contribution in [0.2, 0.25) is 0 Å². The highest BCUT2D eigenvalue weighted by Gasteiger charge is 2.40. The highest BCUT2D eigenvalue weighted by molar-refractivity contribution is 7.22. The van der Waals surface area contributed by atoms with Gasteiger partial charge in [-0.2, -0.15) is 0 Å². The van der Waals surface area contributed by atoms with Gasteiger partial charge in [-0.15, -0.1) is 9.24 Å². The van der Waals surface area contributed by atoms with Gasteiger partial charge >= 0.3 is 0 Å². The van der Waals surface area contributed by atoms with Crippen LogP contribution in [0.1, 0.15) is 34.6 Å². The summed E-state index contributed by atoms with van der Waals surface area (Å²) in [5.41, 5.74) is 7.33. The highest BCUT2D eigenvalue weighted by Crippen LogP contribution is 2.54. The van der Waals surface area contributed by atoms with Crippen LogP contribution in [0.25, 0.3) is 0 Å². The van der Waals surface area contributed by atoms with Gasteiger partial charge in [-0.25, -0.2) is 0 Å². The largest absolute Gasteiger partial charge is 0.109 e. The minimum atomic E-state index is 0.0850. The van der Waals surface area contributed by atoms with Gasteiger partial charge in [-0.05, 0) is 51.9 Å². The summed E-state index contributed by atoms with van der Waals surface area (Å²) in [6, 6.07) is 0. The Bertz CT molecular complexity index is 675. The molecule has 0 saturated carbocycles. The molecule has 3 rings (SSSR count). The molecule has 0 amide bonds. The molecule has 21 heavy (non-hydrogen) atoms. The first-order chi connectivity index (χ1) is 9.82. The molecule has 3 aliphatic rings. The molecule has 0 spiro atoms. The number of allylic oxidation sites excluding steroid dienone is 12. The summed E-state index contributed by atoms with van der Waals surface area (Å²) in [7, 11) is 2.91. The lowest BCUT2D eigenvalue weighted by molar-refractivity contribution is 0.574. The SMILES string of the molecule is CC1=C2C(=CC(C)C(P)=C1)C1=C(C=CC(C)C=C1)C2(C)C. The van der Waals surface area contributed by atoms with Gasteiger partial charge in [-0.3, -0.25) is 0 Å². The average Bonchev–Trinajstić information content (AvgIpc) is 2.54. The Hall–Kier alpha value is -1.13. The molecule has 0 aromatic rings. The van der Waals surface area contributed by atoms with Crippen molar-refractivity contribution in [3.05, 3.63) is 69.6 Å². The van der Waals surface area contributed by atoms with E-state index in [-0.39, 0.29) is 5.41 Å². The summed E-state index contributed by atoms with van der Waals surface area (Å²) in [6.07, 6.45) is 14.1. The molecule has 0 fully saturated rings. The van der Waals surface area contributed by atoms with E-state index in [9.17, 15) is 0 Å². The van der Waals surface area contributed by atoms with E-state index in [4.69, 9.17) is 0 Å². The summed E-state index contributed by atoms with van der Waals surface area (Å²) in [6.45, 7) is 11.5. The second-order valence-corrected chi connectivity index (χ2v) is 7.77. The Kier molecular flexibility index (Phi) is 3.49. The third-order valence-corrected chi connectivity index (χ3v) is 5.69. The van der Waals surface area contributed by atoms with Crippen molar-refractivity contribution in [2.24, 2.45) is 17.3 Å². The monoisotopic (exact) mass is 296 g/mol. The molecule has 0 aliphatic heterocycles. The molecule has 0 aromatic carbocycles. The fraction of sp³-hybridized carbons (Fsp3) is 0.400. The van der Waals surface area contributed by atoms with E-state index in [0.717, 1.165) is 0 Å². The molecule has 3 aliphatic carbocycles. The van der Waals surface area contributed by atoms with Crippen molar-refractivity contribution in [1.29, 1.82) is 0 Å². The van der Waals surface area contributed by atoms with Crippen molar-refractivity contribution in [1.82, 2.24) is 0 Å². The summed E-state index contributed by atoms with van der Waals surface area (Å²) < 4.78 is 0. The molecule has 0 nitrogen and oxygen atoms in total. The molecule has 1 heteroatoms. The lowest BCUT2D eigenvalue weighted by Crippen LogP contribution is -2.14. The van der Waals surface area contributed by atoms with Crippen molar-refractivity contribution in [2.45, 2.75) is 34.6 Å². The van der Waals surface area contributed by atoms with Crippen LogP contribution in [0.15, 0.2) is 69.6 Å². The van der Waals surface area contributed by atoms with Gasteiger partial charge in [0.25, 0.3) is 0 Å². The molecule has 0 heterocycles. The minimum Gasteiger partial charge on any atom is -0.109 e. The predicted octanol–water partition coefficient (Wildman–Crippen LogP) is 5.74. The minimum absolute atomic E-state index is 0.0850. The Morgan fingerprint density at radius 2 is 1.76 bits per heavy atom. The molecule has 3 unspecified atom stereocenters. The molecular formula is C20H25P. The highest BCUT2D eigenvalue weighted by atomic mass is 31.0. The zero-order valence-corrected chi connectivity index (χ0v) is 14.9. The van der Waals surface area contributed by atoms with E-state index < -0.39 is 0 Å². The molecule has 0 radical (unpaired) electrons. The first kappa shape index (κ1) is 14.8. The molecule has 3 atom stereocenters. The van der Waals surface area contributed by atoms with Gasteiger partial charge in [0, 0.05) is 5.41 Å². The van der Waals surface area contributed by atoms with E-state index in [1.807, 2.05) is 0 Å². The maximum Gasteiger partial charge on any atom is 0.0161 e. The second-order valence-electron chi connectivity index (χ2n) is 7.10. The molecule has 0 N–H and O–H groups in total. The first-order valence-electron chi connectivity index (χ1n) is 7.84. The van der Waals surface area contributed by atoms with Gasteiger partial charge in [-0.1, -0.05) is 64.2 Å². The Balaban J connectivity index is 2.28. The number of rotatable bonds is 0. The zero-order chi connectivity index (χ0) is 15.4. The average molecular weight is 296 g/mol. The lowest BCUT2D eigenvalue weighted by Gasteiger charge is -2.25. The predicted molar refractivity (Wildman–Crippen MR) is 96.0 cm³/mol. The van der Waals surface area contributed by atoms with Crippen LogP contribution in [-0.4, -0.2) is 0 Å². The van der Waals surface area contributed by atoms with Crippen LogP contribution in [0.3, 0.4) is 0 Å². The van der Waals surface area contributed by atoms with Crippen molar-refractivity contribution in [3.63, 3.8) is 0 Å². The smallest absolute Gasteiger partial charge is 0.0161 e. The zero-order valence-electron chi connectivity index (χ0n) is 13.7. The summed E-state index contributed by atoms with van der Waals surface area (Å²) in [5, 5.41) is 1.38. The Morgan fingerprint density at radius 1 is 1.10 bits per heavy atom. The van der Waals surface area contributed by atoms with Crippen LogP contribution < -0.4 is 0 Å². The van der Waals surface area contributed by atoms with Crippen molar-refractivity contribution in [3.8, 4) is 0 Å². The Morgan fingerprint density at radius 3 is 2.48 bits per heavy atom. The van der Waals surface area contributed by atoms with Crippen LogP contribution in [0.5, 0.6) is 0 Å². The maximum atomic E-state index is 2.91. The third kappa shape index (κ3) is 2.25. The number of hydrogen-bond donors (Lipinski definition) is 0. The summed E-state index contributed by atoms with van der Waals surface area (Å²) in [5.74, 6) is 0.984. The van der Waals surface area contributed by atoms with Crippen LogP contribution >= 0.6 is 9.24 Å². The van der Waals surface area contributed by atoms with E-state index in [2.05, 4.69) is 80.3 Å². The van der Waals surface area contributed by atoms with Crippen molar-refractivity contribution < 1.29 is 0 Å². The van der Waals surface area contributed by atoms with Crippen molar-refractivity contribution >= 4 is 9.24 Å². The van der Waals surface area contributed by atoms with E-state index >= 15 is 0 Å². The quantitative estimate of drug-likeness (QED) is 0.500. The molecule has 0 aromatic heterocycles. The number of fused-ring (bicyclic) bond motifs is 2. The van der Waals surface area contributed by atoms with Crippen LogP contribution in [0, 0.1) is 17.3 Å². The van der Waals surface area contributed by atoms with Gasteiger partial charge < -0.3 is 0 Å². The number of hydrogen-bond acceptors (Lipinski definition) is 0. The van der Waals surface area contributed by atoms with Gasteiger partial charge in [0.15, 0.2) is 0 Å². The molecule has 110 valence electrons. The topological polar surface area (TPSA) is 0 Å². The maximum absolute atomic E-state index is 2.91. The lowest BCUT2D eigenvalue weighted by atomic mass is 9.78. The molecule has 0 saturated heterocycles. The summed E-state index contributed by atoms with van der Waals surface area (Å²) >= 11 is 0. The summed E-state index contributed by atoms with van der Waals surface area (Å²) in [4.78, 5) is 0. The Labute approximate surface area is 131 Å². The van der Waals surface area contributed by atoms with Crippen LogP contribution in [0.4, 0.5) is 0 Å². The fourth-order valence-electron chi connectivity index (χ4n) is 3.80.